The van der Waals surface area contributed by atoms with Gasteiger partial charge in [-0.25, -0.2) is 4.39 Å². The van der Waals surface area contributed by atoms with Crippen molar-refractivity contribution >= 4 is 10.8 Å². The predicted molar refractivity (Wildman–Crippen MR) is 158 cm³/mol. The standard InChI is InChI=1S/C36H45F/c1-3-5-7-8-10-11-28-15-20-31(21-16-28)32-22-17-29(18-23-32)13-14-30-19-26-35-34(27-30)25-24-33(36(35)37)12-9-6-4-2/h17-19,22-28,31H,3-12,15-16,20-21H2,1-2H3. The minimum atomic E-state index is -0.0651. The molecule has 3 aromatic carbocycles. The molecule has 1 aliphatic rings. The van der Waals surface area contributed by atoms with Crippen LogP contribution >= 0.6 is 0 Å². The van der Waals surface area contributed by atoms with E-state index in [0.717, 1.165) is 53.7 Å². The lowest BCUT2D eigenvalue weighted by Crippen LogP contribution is -2.13. The van der Waals surface area contributed by atoms with Crippen LogP contribution in [0.5, 0.6) is 0 Å². The van der Waals surface area contributed by atoms with Gasteiger partial charge >= 0.3 is 0 Å². The largest absolute Gasteiger partial charge is 0.206 e. The van der Waals surface area contributed by atoms with Crippen LogP contribution in [0.15, 0.2) is 54.6 Å². The second kappa shape index (κ2) is 14.4. The normalized spacial score (nSPS) is 17.5. The topological polar surface area (TPSA) is 0 Å². The van der Waals surface area contributed by atoms with Crippen molar-refractivity contribution in [2.75, 3.05) is 0 Å². The number of benzene rings is 3. The smallest absolute Gasteiger partial charge is 0.134 e. The summed E-state index contributed by atoms with van der Waals surface area (Å²) in [7, 11) is 0. The number of rotatable bonds is 11. The number of aryl methyl sites for hydroxylation is 1. The molecule has 3 aromatic rings. The summed E-state index contributed by atoms with van der Waals surface area (Å²) in [4.78, 5) is 0. The summed E-state index contributed by atoms with van der Waals surface area (Å²) in [5.41, 5.74) is 4.28. The molecule has 0 N–H and O–H groups in total. The molecule has 0 bridgehead atoms. The van der Waals surface area contributed by atoms with Gasteiger partial charge in [0, 0.05) is 16.5 Å². The van der Waals surface area contributed by atoms with Crippen molar-refractivity contribution in [1.29, 1.82) is 0 Å². The highest BCUT2D eigenvalue weighted by molar-refractivity contribution is 5.85. The monoisotopic (exact) mass is 496 g/mol. The van der Waals surface area contributed by atoms with Crippen LogP contribution in [0.1, 0.15) is 125 Å². The summed E-state index contributed by atoms with van der Waals surface area (Å²) in [6.07, 6.45) is 18.0. The van der Waals surface area contributed by atoms with E-state index in [4.69, 9.17) is 0 Å². The number of halogens is 1. The van der Waals surface area contributed by atoms with Crippen molar-refractivity contribution in [3.8, 4) is 11.8 Å². The first-order valence-electron chi connectivity index (χ1n) is 15.0. The van der Waals surface area contributed by atoms with Gasteiger partial charge in [-0.15, -0.1) is 0 Å². The third-order valence-corrected chi connectivity index (χ3v) is 8.38. The molecule has 0 nitrogen and oxygen atoms in total. The van der Waals surface area contributed by atoms with E-state index in [9.17, 15) is 4.39 Å². The maximum atomic E-state index is 15.0. The maximum absolute atomic E-state index is 15.0. The Labute approximate surface area is 225 Å². The van der Waals surface area contributed by atoms with E-state index in [-0.39, 0.29) is 5.82 Å². The van der Waals surface area contributed by atoms with Crippen LogP contribution in [-0.4, -0.2) is 0 Å². The fourth-order valence-corrected chi connectivity index (χ4v) is 5.98. The molecule has 196 valence electrons. The molecule has 0 aromatic heterocycles. The van der Waals surface area contributed by atoms with E-state index in [1.54, 1.807) is 0 Å². The number of hydrogen-bond donors (Lipinski definition) is 0. The lowest BCUT2D eigenvalue weighted by Gasteiger charge is -2.29. The first kappa shape index (κ1) is 27.4. The fourth-order valence-electron chi connectivity index (χ4n) is 5.98. The van der Waals surface area contributed by atoms with Gasteiger partial charge in [-0.2, -0.15) is 0 Å². The SMILES string of the molecule is CCCCCCCC1CCC(c2ccc(C#Cc3ccc4c(F)c(CCCCC)ccc4c3)cc2)CC1. The summed E-state index contributed by atoms with van der Waals surface area (Å²) in [6, 6.07) is 18.8. The van der Waals surface area contributed by atoms with Crippen molar-refractivity contribution in [3.63, 3.8) is 0 Å². The summed E-state index contributed by atoms with van der Waals surface area (Å²) < 4.78 is 15.0. The highest BCUT2D eigenvalue weighted by Gasteiger charge is 2.22. The Morgan fingerprint density at radius 2 is 1.38 bits per heavy atom. The van der Waals surface area contributed by atoms with Gasteiger partial charge in [-0.05, 0) is 91.1 Å². The Kier molecular flexibility index (Phi) is 10.7. The quantitative estimate of drug-likeness (QED) is 0.183. The van der Waals surface area contributed by atoms with Crippen molar-refractivity contribution < 1.29 is 4.39 Å². The number of unbranched alkanes of at least 4 members (excludes halogenated alkanes) is 6. The van der Waals surface area contributed by atoms with Crippen molar-refractivity contribution in [2.24, 2.45) is 5.92 Å². The third kappa shape index (κ3) is 7.95. The molecule has 4 rings (SSSR count). The molecular weight excluding hydrogens is 451 g/mol. The molecule has 0 amide bonds. The average Bonchev–Trinajstić information content (AvgIpc) is 2.94. The van der Waals surface area contributed by atoms with Crippen molar-refractivity contribution in [1.82, 2.24) is 0 Å². The molecule has 1 heteroatoms. The summed E-state index contributed by atoms with van der Waals surface area (Å²) in [5.74, 6) is 8.20. The average molecular weight is 497 g/mol. The lowest BCUT2D eigenvalue weighted by atomic mass is 9.77. The van der Waals surface area contributed by atoms with E-state index in [1.165, 1.54) is 69.8 Å². The van der Waals surface area contributed by atoms with Crippen LogP contribution in [0.3, 0.4) is 0 Å². The van der Waals surface area contributed by atoms with Crippen LogP contribution < -0.4 is 0 Å². The van der Waals surface area contributed by atoms with Crippen LogP contribution in [0.2, 0.25) is 0 Å². The zero-order valence-corrected chi connectivity index (χ0v) is 23.1. The van der Waals surface area contributed by atoms with E-state index >= 15 is 0 Å². The molecule has 1 fully saturated rings. The molecule has 0 spiro atoms. The highest BCUT2D eigenvalue weighted by atomic mass is 19.1. The lowest BCUT2D eigenvalue weighted by molar-refractivity contribution is 0.302. The van der Waals surface area contributed by atoms with Gasteiger partial charge < -0.3 is 0 Å². The number of hydrogen-bond acceptors (Lipinski definition) is 0. The Hall–Kier alpha value is -2.59. The van der Waals surface area contributed by atoms with E-state index in [2.05, 4.69) is 50.0 Å². The highest BCUT2D eigenvalue weighted by Crippen LogP contribution is 2.37. The van der Waals surface area contributed by atoms with E-state index < -0.39 is 0 Å². The summed E-state index contributed by atoms with van der Waals surface area (Å²) >= 11 is 0. The molecule has 0 atom stereocenters. The van der Waals surface area contributed by atoms with Gasteiger partial charge in [-0.1, -0.05) is 107 Å². The summed E-state index contributed by atoms with van der Waals surface area (Å²) in [6.45, 7) is 4.47. The first-order valence-corrected chi connectivity index (χ1v) is 15.0. The minimum Gasteiger partial charge on any atom is -0.206 e. The van der Waals surface area contributed by atoms with Gasteiger partial charge in [0.15, 0.2) is 0 Å². The molecule has 1 aliphatic carbocycles. The zero-order valence-electron chi connectivity index (χ0n) is 23.1. The molecule has 0 aliphatic heterocycles. The second-order valence-electron chi connectivity index (χ2n) is 11.2. The van der Waals surface area contributed by atoms with Crippen LogP contribution in [0.25, 0.3) is 10.8 Å². The van der Waals surface area contributed by atoms with Crippen molar-refractivity contribution in [2.45, 2.75) is 110 Å². The zero-order chi connectivity index (χ0) is 25.9. The van der Waals surface area contributed by atoms with Crippen LogP contribution in [-0.2, 0) is 6.42 Å². The maximum Gasteiger partial charge on any atom is 0.134 e. The Morgan fingerprint density at radius 1 is 0.703 bits per heavy atom. The molecule has 37 heavy (non-hydrogen) atoms. The van der Waals surface area contributed by atoms with Gasteiger partial charge in [0.2, 0.25) is 0 Å². The Balaban J connectivity index is 1.31. The molecule has 0 radical (unpaired) electrons. The molecule has 0 heterocycles. The Bertz CT molecular complexity index is 1170. The van der Waals surface area contributed by atoms with Crippen molar-refractivity contribution in [3.05, 3.63) is 82.7 Å². The third-order valence-electron chi connectivity index (χ3n) is 8.38. The predicted octanol–water partition coefficient (Wildman–Crippen LogP) is 10.7. The van der Waals surface area contributed by atoms with Gasteiger partial charge in [0.1, 0.15) is 5.82 Å². The molecular formula is C36H45F. The summed E-state index contributed by atoms with van der Waals surface area (Å²) in [5, 5.41) is 1.63. The molecule has 0 unspecified atom stereocenters. The Morgan fingerprint density at radius 3 is 2.14 bits per heavy atom. The fraction of sp³-hybridized carbons (Fsp3) is 0.500. The molecule has 0 saturated heterocycles. The van der Waals surface area contributed by atoms with Gasteiger partial charge in [-0.3, -0.25) is 0 Å². The minimum absolute atomic E-state index is 0.0651. The van der Waals surface area contributed by atoms with Gasteiger partial charge in [0.05, 0.1) is 0 Å². The van der Waals surface area contributed by atoms with E-state index in [1.807, 2.05) is 30.3 Å². The first-order chi connectivity index (χ1) is 18.2. The van der Waals surface area contributed by atoms with Crippen LogP contribution in [0, 0.1) is 23.6 Å². The number of fused-ring (bicyclic) bond motifs is 1. The second-order valence-corrected chi connectivity index (χ2v) is 11.2. The van der Waals surface area contributed by atoms with Gasteiger partial charge in [0.25, 0.3) is 0 Å². The van der Waals surface area contributed by atoms with Crippen LogP contribution in [0.4, 0.5) is 4.39 Å². The van der Waals surface area contributed by atoms with E-state index in [0.29, 0.717) is 11.3 Å². The molecule has 1 saturated carbocycles.